The van der Waals surface area contributed by atoms with E-state index in [1.807, 2.05) is 13.0 Å². The molecule has 1 aromatic rings. The molecule has 1 saturated heterocycles. The number of ether oxygens (including phenoxy) is 1. The van der Waals surface area contributed by atoms with E-state index in [9.17, 15) is 5.11 Å². The zero-order valence-electron chi connectivity index (χ0n) is 8.87. The molecule has 3 unspecified atom stereocenters. The molecular formula is C11H15BrO2S. The minimum Gasteiger partial charge on any atom is -0.388 e. The van der Waals surface area contributed by atoms with Crippen LogP contribution in [0, 0.1) is 12.8 Å². The zero-order valence-corrected chi connectivity index (χ0v) is 11.3. The summed E-state index contributed by atoms with van der Waals surface area (Å²) in [5.41, 5.74) is 1.05. The van der Waals surface area contributed by atoms with Gasteiger partial charge in [-0.2, -0.15) is 0 Å². The molecule has 0 saturated carbocycles. The molecule has 4 heteroatoms. The summed E-state index contributed by atoms with van der Waals surface area (Å²) in [6, 6.07) is 2.02. The van der Waals surface area contributed by atoms with E-state index in [4.69, 9.17) is 4.74 Å². The van der Waals surface area contributed by atoms with Crippen molar-refractivity contribution in [2.75, 3.05) is 6.61 Å². The van der Waals surface area contributed by atoms with Crippen LogP contribution >= 0.6 is 27.3 Å². The van der Waals surface area contributed by atoms with Gasteiger partial charge in [0.2, 0.25) is 0 Å². The van der Waals surface area contributed by atoms with E-state index >= 15 is 0 Å². The molecule has 15 heavy (non-hydrogen) atoms. The van der Waals surface area contributed by atoms with Gasteiger partial charge in [-0.1, -0.05) is 0 Å². The smallest absolute Gasteiger partial charge is 0.0852 e. The number of halogens is 1. The molecule has 0 radical (unpaired) electrons. The van der Waals surface area contributed by atoms with Crippen LogP contribution in [0.15, 0.2) is 9.85 Å². The van der Waals surface area contributed by atoms with Crippen LogP contribution in [0.4, 0.5) is 0 Å². The molecular weight excluding hydrogens is 276 g/mol. The quantitative estimate of drug-likeness (QED) is 0.906. The molecule has 1 fully saturated rings. The van der Waals surface area contributed by atoms with Gasteiger partial charge in [-0.15, -0.1) is 11.3 Å². The van der Waals surface area contributed by atoms with E-state index in [0.29, 0.717) is 6.61 Å². The van der Waals surface area contributed by atoms with E-state index in [0.717, 1.165) is 15.8 Å². The van der Waals surface area contributed by atoms with Crippen LogP contribution in [0.5, 0.6) is 0 Å². The highest BCUT2D eigenvalue weighted by Gasteiger charge is 2.30. The fourth-order valence-electron chi connectivity index (χ4n) is 2.08. The summed E-state index contributed by atoms with van der Waals surface area (Å²) < 4.78 is 6.57. The fourth-order valence-corrected chi connectivity index (χ4v) is 3.83. The maximum absolute atomic E-state index is 10.2. The Morgan fingerprint density at radius 2 is 2.40 bits per heavy atom. The Balaban J connectivity index is 2.13. The fraction of sp³-hybridized carbons (Fsp3) is 0.636. The third-order valence-electron chi connectivity index (χ3n) is 2.92. The maximum atomic E-state index is 10.2. The highest BCUT2D eigenvalue weighted by atomic mass is 79.9. The van der Waals surface area contributed by atoms with Crippen molar-refractivity contribution in [1.29, 1.82) is 0 Å². The molecule has 1 aliphatic heterocycles. The predicted molar refractivity (Wildman–Crippen MR) is 65.2 cm³/mol. The van der Waals surface area contributed by atoms with Gasteiger partial charge in [-0.3, -0.25) is 0 Å². The first-order chi connectivity index (χ1) is 7.08. The third kappa shape index (κ3) is 2.44. The van der Waals surface area contributed by atoms with E-state index in [1.54, 1.807) is 11.3 Å². The molecule has 0 bridgehead atoms. The van der Waals surface area contributed by atoms with Gasteiger partial charge in [0, 0.05) is 10.8 Å². The summed E-state index contributed by atoms with van der Waals surface area (Å²) in [4.78, 5) is 1.19. The molecule has 1 aliphatic rings. The number of aliphatic hydroxyl groups excluding tert-OH is 1. The lowest BCUT2D eigenvalue weighted by Crippen LogP contribution is -2.12. The van der Waals surface area contributed by atoms with Gasteiger partial charge in [-0.25, -0.2) is 0 Å². The first-order valence-electron chi connectivity index (χ1n) is 5.13. The lowest BCUT2D eigenvalue weighted by molar-refractivity contribution is 0.0803. The molecule has 1 aromatic heterocycles. The summed E-state index contributed by atoms with van der Waals surface area (Å²) in [6.07, 6.45) is 0.859. The van der Waals surface area contributed by atoms with Crippen LogP contribution in [0.25, 0.3) is 0 Å². The molecule has 1 N–H and O–H groups in total. The van der Waals surface area contributed by atoms with Gasteiger partial charge in [0.05, 0.1) is 22.6 Å². The largest absolute Gasteiger partial charge is 0.388 e. The average Bonchev–Trinajstić information content (AvgIpc) is 2.71. The third-order valence-corrected chi connectivity index (χ3v) is 4.49. The molecule has 3 atom stereocenters. The lowest BCUT2D eigenvalue weighted by atomic mass is 9.94. The van der Waals surface area contributed by atoms with Crippen LogP contribution in [0.3, 0.4) is 0 Å². The van der Waals surface area contributed by atoms with Crippen LogP contribution < -0.4 is 0 Å². The van der Waals surface area contributed by atoms with E-state index in [1.165, 1.54) is 4.88 Å². The maximum Gasteiger partial charge on any atom is 0.0852 e. The Hall–Kier alpha value is 0.1000. The molecule has 2 rings (SSSR count). The summed E-state index contributed by atoms with van der Waals surface area (Å²) >= 11 is 5.12. The highest BCUT2D eigenvalue weighted by molar-refractivity contribution is 9.11. The number of hydrogen-bond donors (Lipinski definition) is 1. The Bertz CT molecular complexity index is 350. The standard InChI is InChI=1S/C11H15BrO2S/c1-6-3-8(5-14-6)11(13)9-4-10(12)15-7(9)2/h4,6,8,11,13H,3,5H2,1-2H3. The van der Waals surface area contributed by atoms with Crippen LogP contribution in [0.1, 0.15) is 29.9 Å². The van der Waals surface area contributed by atoms with Gasteiger partial charge in [0.15, 0.2) is 0 Å². The minimum absolute atomic E-state index is 0.250. The van der Waals surface area contributed by atoms with Crippen LogP contribution in [-0.2, 0) is 4.74 Å². The average molecular weight is 291 g/mol. The Morgan fingerprint density at radius 1 is 1.67 bits per heavy atom. The summed E-state index contributed by atoms with van der Waals surface area (Å²) in [7, 11) is 0. The molecule has 2 heterocycles. The number of aryl methyl sites for hydroxylation is 1. The van der Waals surface area contributed by atoms with Crippen molar-refractivity contribution in [1.82, 2.24) is 0 Å². The predicted octanol–water partition coefficient (Wildman–Crippen LogP) is 3.28. The molecule has 2 nitrogen and oxygen atoms in total. The monoisotopic (exact) mass is 290 g/mol. The van der Waals surface area contributed by atoms with E-state index < -0.39 is 0 Å². The molecule has 0 aliphatic carbocycles. The van der Waals surface area contributed by atoms with Gasteiger partial charge in [0.25, 0.3) is 0 Å². The van der Waals surface area contributed by atoms with Gasteiger partial charge in [0.1, 0.15) is 0 Å². The molecule has 84 valence electrons. The van der Waals surface area contributed by atoms with Crippen molar-refractivity contribution in [3.05, 3.63) is 20.3 Å². The van der Waals surface area contributed by atoms with Gasteiger partial charge in [-0.05, 0) is 47.8 Å². The Kier molecular flexibility index (Phi) is 3.50. The van der Waals surface area contributed by atoms with Gasteiger partial charge < -0.3 is 9.84 Å². The second-order valence-electron chi connectivity index (χ2n) is 4.15. The van der Waals surface area contributed by atoms with Crippen molar-refractivity contribution in [2.45, 2.75) is 32.5 Å². The summed E-state index contributed by atoms with van der Waals surface area (Å²) in [5, 5.41) is 10.2. The van der Waals surface area contributed by atoms with Crippen molar-refractivity contribution in [3.63, 3.8) is 0 Å². The summed E-state index contributed by atoms with van der Waals surface area (Å²) in [5.74, 6) is 0.250. The van der Waals surface area contributed by atoms with Gasteiger partial charge >= 0.3 is 0 Å². The lowest BCUT2D eigenvalue weighted by Gasteiger charge is -2.16. The van der Waals surface area contributed by atoms with Crippen molar-refractivity contribution >= 4 is 27.3 Å². The molecule has 0 aromatic carbocycles. The first-order valence-corrected chi connectivity index (χ1v) is 6.74. The SMILES string of the molecule is Cc1sc(Br)cc1C(O)C1COC(C)C1. The molecule has 0 spiro atoms. The second-order valence-corrected chi connectivity index (χ2v) is 6.78. The first kappa shape index (κ1) is 11.6. The second kappa shape index (κ2) is 4.53. The number of rotatable bonds is 2. The normalized spacial score (nSPS) is 28.3. The number of aliphatic hydroxyl groups is 1. The summed E-state index contributed by atoms with van der Waals surface area (Å²) in [6.45, 7) is 4.78. The van der Waals surface area contributed by atoms with E-state index in [-0.39, 0.29) is 18.1 Å². The highest BCUT2D eigenvalue weighted by Crippen LogP contribution is 2.37. The minimum atomic E-state index is -0.377. The van der Waals surface area contributed by atoms with Crippen molar-refractivity contribution in [2.24, 2.45) is 5.92 Å². The van der Waals surface area contributed by atoms with Crippen molar-refractivity contribution in [3.8, 4) is 0 Å². The molecule has 0 amide bonds. The van der Waals surface area contributed by atoms with Crippen molar-refractivity contribution < 1.29 is 9.84 Å². The zero-order chi connectivity index (χ0) is 11.0. The Morgan fingerprint density at radius 3 is 2.87 bits per heavy atom. The van der Waals surface area contributed by atoms with Crippen LogP contribution in [0.2, 0.25) is 0 Å². The topological polar surface area (TPSA) is 29.5 Å². The number of thiophene rings is 1. The number of hydrogen-bond acceptors (Lipinski definition) is 3. The van der Waals surface area contributed by atoms with E-state index in [2.05, 4.69) is 22.9 Å². The Labute approximate surface area is 102 Å². The van der Waals surface area contributed by atoms with Crippen LogP contribution in [-0.4, -0.2) is 17.8 Å².